The zero-order chi connectivity index (χ0) is 31.8. The van der Waals surface area contributed by atoms with E-state index in [1.54, 1.807) is 36.9 Å². The molecule has 4 aromatic rings. The van der Waals surface area contributed by atoms with E-state index in [2.05, 4.69) is 37.4 Å². The molecule has 0 saturated carbocycles. The Bertz CT molecular complexity index is 1630. The number of ether oxygens (including phenoxy) is 2. The van der Waals surface area contributed by atoms with Gasteiger partial charge in [-0.2, -0.15) is 4.57 Å². The van der Waals surface area contributed by atoms with Gasteiger partial charge in [-0.15, -0.1) is 24.0 Å². The Morgan fingerprint density at radius 1 is 1.02 bits per heavy atom. The molecule has 0 spiro atoms. The van der Waals surface area contributed by atoms with Crippen LogP contribution in [-0.2, 0) is 22.7 Å². The van der Waals surface area contributed by atoms with Crippen LogP contribution < -0.4 is 39.2 Å². The zero-order valence-corrected chi connectivity index (χ0v) is 31.5. The number of carbonyl (C=O) groups excluding carboxylic acids is 2. The smallest absolute Gasteiger partial charge is 0.513 e. The van der Waals surface area contributed by atoms with Crippen molar-refractivity contribution >= 4 is 53.4 Å². The molecule has 1 aliphatic heterocycles. The third-order valence-corrected chi connectivity index (χ3v) is 7.43. The van der Waals surface area contributed by atoms with Gasteiger partial charge in [-0.3, -0.25) is 9.69 Å². The molecular formula is C34H41I2N7O4. The van der Waals surface area contributed by atoms with Crippen molar-refractivity contribution in [1.29, 1.82) is 0 Å². The Hall–Kier alpha value is -3.41. The minimum Gasteiger partial charge on any atom is -1.00 e. The molecule has 1 aliphatic rings. The largest absolute Gasteiger partial charge is 1.00 e. The molecule has 5 rings (SSSR count). The number of amides is 1. The number of nitrogens with one attached hydrogen (secondary N) is 2. The predicted octanol–water partition coefficient (Wildman–Crippen LogP) is 2.62. The van der Waals surface area contributed by atoms with Crippen molar-refractivity contribution in [2.75, 3.05) is 43.9 Å². The average Bonchev–Trinajstić information content (AvgIpc) is 3.03. The molecule has 0 unspecified atom stereocenters. The molecule has 2 aromatic carbocycles. The zero-order valence-electron chi connectivity index (χ0n) is 27.0. The van der Waals surface area contributed by atoms with Crippen LogP contribution in [0.3, 0.4) is 0 Å². The SMILES string of the molecule is Cc1ccc(NC(=O)c2ccc(CN3CCN(C)CC3)cc2)cc1Nc1nccc(-c2ccc[n+](COC(=O)OC(C)C)c2)n1.I.[I-]. The fourth-order valence-electron chi connectivity index (χ4n) is 4.87. The second kappa shape index (κ2) is 18.2. The van der Waals surface area contributed by atoms with Crippen LogP contribution in [0.5, 0.6) is 0 Å². The summed E-state index contributed by atoms with van der Waals surface area (Å²) < 4.78 is 11.9. The highest BCUT2D eigenvalue weighted by Gasteiger charge is 2.15. The van der Waals surface area contributed by atoms with E-state index >= 15 is 0 Å². The molecule has 2 N–H and O–H groups in total. The van der Waals surface area contributed by atoms with E-state index in [9.17, 15) is 9.59 Å². The molecule has 2 aromatic heterocycles. The number of likely N-dealkylation sites (N-methyl/N-ethyl adjacent to an activating group) is 1. The van der Waals surface area contributed by atoms with Gasteiger partial charge >= 0.3 is 6.16 Å². The summed E-state index contributed by atoms with van der Waals surface area (Å²) in [6, 6.07) is 19.1. The summed E-state index contributed by atoms with van der Waals surface area (Å²) in [5.74, 6) is 0.232. The van der Waals surface area contributed by atoms with Gasteiger partial charge in [0.05, 0.1) is 17.4 Å². The first-order chi connectivity index (χ1) is 21.7. The molecule has 11 nitrogen and oxygen atoms in total. The number of hydrogen-bond acceptors (Lipinski definition) is 9. The summed E-state index contributed by atoms with van der Waals surface area (Å²) in [6.45, 7) is 10.7. The quantitative estimate of drug-likeness (QED) is 0.141. The van der Waals surface area contributed by atoms with Gasteiger partial charge in [0.2, 0.25) is 5.95 Å². The Kier molecular flexibility index (Phi) is 14.7. The molecule has 1 fully saturated rings. The topological polar surface area (TPSA) is 113 Å². The lowest BCUT2D eigenvalue weighted by Crippen LogP contribution is -3.00. The number of piperazine rings is 1. The Morgan fingerprint density at radius 3 is 2.49 bits per heavy atom. The van der Waals surface area contributed by atoms with Crippen LogP contribution in [0.25, 0.3) is 11.3 Å². The summed E-state index contributed by atoms with van der Waals surface area (Å²) >= 11 is 0. The molecule has 0 atom stereocenters. The van der Waals surface area contributed by atoms with Crippen LogP contribution in [0.2, 0.25) is 0 Å². The third kappa shape index (κ3) is 11.4. The second-order valence-electron chi connectivity index (χ2n) is 11.4. The molecule has 47 heavy (non-hydrogen) atoms. The van der Waals surface area contributed by atoms with E-state index in [0.717, 1.165) is 49.5 Å². The van der Waals surface area contributed by atoms with Crippen LogP contribution in [0.1, 0.15) is 35.3 Å². The highest BCUT2D eigenvalue weighted by molar-refractivity contribution is 14.0. The maximum Gasteiger partial charge on any atom is 0.513 e. The fraction of sp³-hybridized carbons (Fsp3) is 0.324. The fourth-order valence-corrected chi connectivity index (χ4v) is 4.87. The van der Waals surface area contributed by atoms with Crippen molar-refractivity contribution in [1.82, 2.24) is 19.8 Å². The molecule has 1 amide bonds. The summed E-state index contributed by atoms with van der Waals surface area (Å²) in [4.78, 5) is 38.7. The Morgan fingerprint density at radius 2 is 1.77 bits per heavy atom. The minimum atomic E-state index is -0.722. The summed E-state index contributed by atoms with van der Waals surface area (Å²) in [6.07, 6.45) is 4.32. The lowest BCUT2D eigenvalue weighted by molar-refractivity contribution is -0.727. The van der Waals surface area contributed by atoms with Crippen molar-refractivity contribution in [3.8, 4) is 11.3 Å². The van der Waals surface area contributed by atoms with Crippen molar-refractivity contribution in [2.45, 2.75) is 40.2 Å². The summed E-state index contributed by atoms with van der Waals surface area (Å²) in [7, 11) is 2.15. The van der Waals surface area contributed by atoms with E-state index in [0.29, 0.717) is 22.9 Å². The number of aromatic nitrogens is 3. The standard InChI is InChI=1S/C34H39N7O4.2HI/c1-24(2)45-34(43)44-23-41-15-5-6-28(22-41)30-13-14-35-33(37-30)38-31-20-29(12-7-25(31)3)36-32(42)27-10-8-26(9-11-27)21-40-18-16-39(4)17-19-40;;/h5-15,20,22,24H,16-19,21,23H2,1-4H3,(H-,35,36,37,38,42);2*1H. The molecule has 1 saturated heterocycles. The molecule has 250 valence electrons. The van der Waals surface area contributed by atoms with E-state index < -0.39 is 6.16 Å². The first kappa shape index (κ1) is 38.0. The van der Waals surface area contributed by atoms with E-state index in [1.807, 2.05) is 67.7 Å². The number of anilines is 3. The third-order valence-electron chi connectivity index (χ3n) is 7.43. The number of aryl methyl sites for hydroxylation is 1. The Labute approximate surface area is 310 Å². The number of pyridine rings is 1. The van der Waals surface area contributed by atoms with Gasteiger partial charge in [0, 0.05) is 61.9 Å². The molecule has 0 radical (unpaired) electrons. The normalized spacial score (nSPS) is 13.2. The molecular weight excluding hydrogens is 824 g/mol. The molecule has 3 heterocycles. The van der Waals surface area contributed by atoms with Gasteiger partial charge in [-0.05, 0) is 75.3 Å². The monoisotopic (exact) mass is 865 g/mol. The van der Waals surface area contributed by atoms with Gasteiger partial charge in [-0.1, -0.05) is 18.2 Å². The first-order valence-corrected chi connectivity index (χ1v) is 15.1. The number of hydrogen-bond donors (Lipinski definition) is 2. The second-order valence-corrected chi connectivity index (χ2v) is 11.4. The van der Waals surface area contributed by atoms with Crippen molar-refractivity contribution in [3.05, 3.63) is 95.9 Å². The van der Waals surface area contributed by atoms with Gasteiger partial charge in [-0.25, -0.2) is 14.8 Å². The van der Waals surface area contributed by atoms with Crippen molar-refractivity contribution < 1.29 is 47.6 Å². The Balaban J connectivity index is 0.00000300. The van der Waals surface area contributed by atoms with E-state index in [-0.39, 0.29) is 66.7 Å². The number of halogens is 2. The van der Waals surface area contributed by atoms with Gasteiger partial charge < -0.3 is 49.0 Å². The minimum absolute atomic E-state index is 0. The van der Waals surface area contributed by atoms with Crippen LogP contribution in [0.15, 0.2) is 79.3 Å². The predicted molar refractivity (Wildman–Crippen MR) is 187 cm³/mol. The summed E-state index contributed by atoms with van der Waals surface area (Å²) in [5.41, 5.74) is 5.70. The van der Waals surface area contributed by atoms with E-state index in [4.69, 9.17) is 9.47 Å². The highest BCUT2D eigenvalue weighted by atomic mass is 127. The van der Waals surface area contributed by atoms with Gasteiger partial charge in [0.25, 0.3) is 12.6 Å². The maximum absolute atomic E-state index is 13.1. The number of carbonyl (C=O) groups is 2. The van der Waals surface area contributed by atoms with Crippen LogP contribution in [0, 0.1) is 6.92 Å². The van der Waals surface area contributed by atoms with Crippen LogP contribution >= 0.6 is 24.0 Å². The van der Waals surface area contributed by atoms with Gasteiger partial charge in [0.15, 0.2) is 12.4 Å². The number of nitrogens with zero attached hydrogens (tertiary/aromatic N) is 5. The van der Waals surface area contributed by atoms with Crippen molar-refractivity contribution in [2.24, 2.45) is 0 Å². The first-order valence-electron chi connectivity index (χ1n) is 15.1. The maximum atomic E-state index is 13.1. The van der Waals surface area contributed by atoms with E-state index in [1.165, 1.54) is 5.56 Å². The lowest BCUT2D eigenvalue weighted by atomic mass is 10.1. The van der Waals surface area contributed by atoms with Gasteiger partial charge in [0.1, 0.15) is 0 Å². The number of benzene rings is 2. The summed E-state index contributed by atoms with van der Waals surface area (Å²) in [5, 5.41) is 6.29. The highest BCUT2D eigenvalue weighted by Crippen LogP contribution is 2.25. The molecule has 13 heteroatoms. The van der Waals surface area contributed by atoms with Crippen LogP contribution in [0.4, 0.5) is 22.1 Å². The van der Waals surface area contributed by atoms with Crippen molar-refractivity contribution in [3.63, 3.8) is 0 Å². The number of rotatable bonds is 10. The average molecular weight is 866 g/mol. The lowest BCUT2D eigenvalue weighted by Gasteiger charge is -2.32. The molecule has 0 aliphatic carbocycles. The molecule has 0 bridgehead atoms. The van der Waals surface area contributed by atoms with Crippen LogP contribution in [-0.4, -0.2) is 71.2 Å².